The van der Waals surface area contributed by atoms with Gasteiger partial charge in [-0.25, -0.2) is 0 Å². The molecule has 5 heteroatoms. The number of nitrogens with zero attached hydrogens (tertiary/aromatic N) is 1. The molecule has 108 valence electrons. The van der Waals surface area contributed by atoms with E-state index in [4.69, 9.17) is 9.47 Å². The van der Waals surface area contributed by atoms with Gasteiger partial charge in [-0.1, -0.05) is 15.9 Å². The molecule has 0 N–H and O–H groups in total. The number of rotatable bonds is 4. The number of carbonyl (C=O) groups excluding carboxylic acids is 1. The van der Waals surface area contributed by atoms with Crippen LogP contribution in [0.25, 0.3) is 0 Å². The highest BCUT2D eigenvalue weighted by molar-refractivity contribution is 9.10. The summed E-state index contributed by atoms with van der Waals surface area (Å²) in [5, 5.41) is 0. The standard InChI is InChI=1S/C16H14BrNO3/c1-20-15-9-18-4-2-13(15)14(19)8-11-7-12(17)6-10-3-5-21-16(10)11/h2,4,6-7,9H,3,5,8H2,1H3. The number of pyridine rings is 1. The van der Waals surface area contributed by atoms with Crippen molar-refractivity contribution >= 4 is 21.7 Å². The van der Waals surface area contributed by atoms with Gasteiger partial charge in [-0.05, 0) is 23.8 Å². The maximum atomic E-state index is 12.5. The number of benzene rings is 1. The minimum atomic E-state index is -0.00921. The van der Waals surface area contributed by atoms with E-state index in [1.54, 1.807) is 18.5 Å². The molecule has 0 spiro atoms. The second-order valence-electron chi connectivity index (χ2n) is 4.83. The van der Waals surface area contributed by atoms with Crippen molar-refractivity contribution in [3.63, 3.8) is 0 Å². The van der Waals surface area contributed by atoms with Crippen LogP contribution in [0, 0.1) is 0 Å². The van der Waals surface area contributed by atoms with E-state index in [9.17, 15) is 4.79 Å². The highest BCUT2D eigenvalue weighted by Gasteiger charge is 2.21. The molecule has 3 rings (SSSR count). The van der Waals surface area contributed by atoms with Crippen molar-refractivity contribution in [1.29, 1.82) is 0 Å². The van der Waals surface area contributed by atoms with Crippen LogP contribution in [0.3, 0.4) is 0 Å². The van der Waals surface area contributed by atoms with E-state index in [2.05, 4.69) is 20.9 Å². The van der Waals surface area contributed by atoms with E-state index in [1.807, 2.05) is 12.1 Å². The van der Waals surface area contributed by atoms with Gasteiger partial charge in [0, 0.05) is 29.1 Å². The van der Waals surface area contributed by atoms with Crippen LogP contribution in [0.1, 0.15) is 21.5 Å². The highest BCUT2D eigenvalue weighted by atomic mass is 79.9. The Kier molecular flexibility index (Phi) is 3.92. The lowest BCUT2D eigenvalue weighted by atomic mass is 10.00. The number of fused-ring (bicyclic) bond motifs is 1. The van der Waals surface area contributed by atoms with Crippen LogP contribution in [-0.2, 0) is 12.8 Å². The highest BCUT2D eigenvalue weighted by Crippen LogP contribution is 2.34. The Bertz CT molecular complexity index is 700. The molecule has 1 aliphatic heterocycles. The van der Waals surface area contributed by atoms with Gasteiger partial charge in [0.1, 0.15) is 11.5 Å². The van der Waals surface area contributed by atoms with Gasteiger partial charge in [0.05, 0.1) is 25.5 Å². The first-order valence-corrected chi connectivity index (χ1v) is 7.43. The Morgan fingerprint density at radius 3 is 3.14 bits per heavy atom. The van der Waals surface area contributed by atoms with E-state index in [-0.39, 0.29) is 12.2 Å². The van der Waals surface area contributed by atoms with Crippen LogP contribution in [0.5, 0.6) is 11.5 Å². The lowest BCUT2D eigenvalue weighted by Gasteiger charge is -2.10. The summed E-state index contributed by atoms with van der Waals surface area (Å²) in [4.78, 5) is 16.5. The van der Waals surface area contributed by atoms with Crippen molar-refractivity contribution in [3.8, 4) is 11.5 Å². The molecular formula is C16H14BrNO3. The second kappa shape index (κ2) is 5.85. The van der Waals surface area contributed by atoms with Gasteiger partial charge in [-0.3, -0.25) is 9.78 Å². The molecule has 0 bridgehead atoms. The number of hydrogen-bond donors (Lipinski definition) is 0. The molecule has 0 saturated carbocycles. The van der Waals surface area contributed by atoms with Gasteiger partial charge in [0.25, 0.3) is 0 Å². The molecule has 0 saturated heterocycles. The molecule has 0 unspecified atom stereocenters. The van der Waals surface area contributed by atoms with Gasteiger partial charge >= 0.3 is 0 Å². The minimum Gasteiger partial charge on any atom is -0.494 e. The maximum absolute atomic E-state index is 12.5. The number of Topliss-reactive ketones (excluding diaryl/α,β-unsaturated/α-hetero) is 1. The van der Waals surface area contributed by atoms with Crippen LogP contribution in [-0.4, -0.2) is 24.5 Å². The number of ether oxygens (including phenoxy) is 2. The molecule has 1 aromatic heterocycles. The van der Waals surface area contributed by atoms with Crippen LogP contribution in [0.15, 0.2) is 35.1 Å². The molecule has 2 aromatic rings. The largest absolute Gasteiger partial charge is 0.494 e. The number of aromatic nitrogens is 1. The summed E-state index contributed by atoms with van der Waals surface area (Å²) in [5.41, 5.74) is 2.59. The molecule has 0 aliphatic carbocycles. The number of hydrogen-bond acceptors (Lipinski definition) is 4. The zero-order valence-corrected chi connectivity index (χ0v) is 13.1. The summed E-state index contributed by atoms with van der Waals surface area (Å²) >= 11 is 3.49. The Morgan fingerprint density at radius 2 is 2.33 bits per heavy atom. The van der Waals surface area contributed by atoms with Crippen LogP contribution < -0.4 is 9.47 Å². The fraction of sp³-hybridized carbons (Fsp3) is 0.250. The van der Waals surface area contributed by atoms with E-state index in [0.717, 1.165) is 27.8 Å². The Morgan fingerprint density at radius 1 is 1.48 bits per heavy atom. The molecule has 0 atom stereocenters. The lowest BCUT2D eigenvalue weighted by molar-refractivity contribution is 0.0989. The minimum absolute atomic E-state index is 0.00921. The SMILES string of the molecule is COc1cnccc1C(=O)Cc1cc(Br)cc2c1OCC2. The van der Waals surface area contributed by atoms with Crippen molar-refractivity contribution in [1.82, 2.24) is 4.98 Å². The zero-order valence-electron chi connectivity index (χ0n) is 11.6. The summed E-state index contributed by atoms with van der Waals surface area (Å²) in [5.74, 6) is 1.33. The quantitative estimate of drug-likeness (QED) is 0.796. The zero-order chi connectivity index (χ0) is 14.8. The van der Waals surface area contributed by atoms with Crippen LogP contribution in [0.2, 0.25) is 0 Å². The first-order chi connectivity index (χ1) is 10.2. The Hall–Kier alpha value is -1.88. The Balaban J connectivity index is 1.92. The third-order valence-corrected chi connectivity index (χ3v) is 3.94. The van der Waals surface area contributed by atoms with Crippen molar-refractivity contribution in [2.45, 2.75) is 12.8 Å². The predicted octanol–water partition coefficient (Wildman–Crippen LogP) is 3.21. The molecule has 0 fully saturated rings. The van der Waals surface area contributed by atoms with Crippen LogP contribution >= 0.6 is 15.9 Å². The number of carbonyl (C=O) groups is 1. The molecule has 1 aliphatic rings. The molecule has 0 amide bonds. The predicted molar refractivity (Wildman–Crippen MR) is 82.2 cm³/mol. The van der Waals surface area contributed by atoms with E-state index < -0.39 is 0 Å². The molecule has 21 heavy (non-hydrogen) atoms. The van der Waals surface area contributed by atoms with Crippen molar-refractivity contribution in [2.24, 2.45) is 0 Å². The Labute approximate surface area is 131 Å². The monoisotopic (exact) mass is 347 g/mol. The first kappa shape index (κ1) is 14.1. The van der Waals surface area contributed by atoms with Gasteiger partial charge in [0.2, 0.25) is 0 Å². The van der Waals surface area contributed by atoms with E-state index in [1.165, 1.54) is 7.11 Å². The third kappa shape index (κ3) is 2.78. The van der Waals surface area contributed by atoms with Gasteiger partial charge < -0.3 is 9.47 Å². The summed E-state index contributed by atoms with van der Waals surface area (Å²) in [6.07, 6.45) is 4.31. The third-order valence-electron chi connectivity index (χ3n) is 3.48. The topological polar surface area (TPSA) is 48.4 Å². The lowest BCUT2D eigenvalue weighted by Crippen LogP contribution is -2.07. The van der Waals surface area contributed by atoms with E-state index >= 15 is 0 Å². The molecule has 1 aromatic carbocycles. The smallest absolute Gasteiger partial charge is 0.171 e. The summed E-state index contributed by atoms with van der Waals surface area (Å²) in [6, 6.07) is 5.67. The molecule has 4 nitrogen and oxygen atoms in total. The summed E-state index contributed by atoms with van der Waals surface area (Å²) in [7, 11) is 1.54. The summed E-state index contributed by atoms with van der Waals surface area (Å²) in [6.45, 7) is 0.672. The van der Waals surface area contributed by atoms with Gasteiger partial charge in [0.15, 0.2) is 5.78 Å². The number of methoxy groups -OCH3 is 1. The molecule has 2 heterocycles. The molecule has 0 radical (unpaired) electrons. The molecular weight excluding hydrogens is 334 g/mol. The van der Waals surface area contributed by atoms with Crippen LogP contribution in [0.4, 0.5) is 0 Å². The van der Waals surface area contributed by atoms with Crippen molar-refractivity contribution in [2.75, 3.05) is 13.7 Å². The average molecular weight is 348 g/mol. The average Bonchev–Trinajstić information content (AvgIpc) is 2.95. The maximum Gasteiger partial charge on any atom is 0.171 e. The fourth-order valence-electron chi connectivity index (χ4n) is 2.52. The van der Waals surface area contributed by atoms with Crippen molar-refractivity contribution in [3.05, 3.63) is 51.8 Å². The summed E-state index contributed by atoms with van der Waals surface area (Å²) < 4.78 is 11.8. The van der Waals surface area contributed by atoms with Crippen molar-refractivity contribution < 1.29 is 14.3 Å². The fourth-order valence-corrected chi connectivity index (χ4v) is 3.07. The normalized spacial score (nSPS) is 12.7. The number of ketones is 1. The second-order valence-corrected chi connectivity index (χ2v) is 5.74. The van der Waals surface area contributed by atoms with E-state index in [0.29, 0.717) is 17.9 Å². The van der Waals surface area contributed by atoms with Gasteiger partial charge in [-0.15, -0.1) is 0 Å². The number of halogens is 1. The first-order valence-electron chi connectivity index (χ1n) is 6.64. The van der Waals surface area contributed by atoms with Gasteiger partial charge in [-0.2, -0.15) is 0 Å².